The Morgan fingerprint density at radius 2 is 1.80 bits per heavy atom. The summed E-state index contributed by atoms with van der Waals surface area (Å²) >= 11 is 18.1. The molecule has 2 rings (SSSR count). The number of nitro benzene ring substituents is 1. The number of nitro groups is 1. The number of benzene rings is 2. The van der Waals surface area contributed by atoms with E-state index in [1.807, 2.05) is 0 Å². The van der Waals surface area contributed by atoms with E-state index >= 15 is 0 Å². The molecule has 0 saturated heterocycles. The van der Waals surface area contributed by atoms with Crippen molar-refractivity contribution in [3.63, 3.8) is 0 Å². The lowest BCUT2D eigenvalue weighted by Gasteiger charge is -2.22. The first kappa shape index (κ1) is 24.7. The number of rotatable bonds is 10. The fourth-order valence-electron chi connectivity index (χ4n) is 2.48. The second kappa shape index (κ2) is 10.7. The van der Waals surface area contributed by atoms with Crippen LogP contribution in [0.25, 0.3) is 0 Å². The fourth-order valence-corrected chi connectivity index (χ4v) is 4.69. The largest absolute Gasteiger partial charge is 0.454 e. The van der Waals surface area contributed by atoms with Crippen LogP contribution in [0, 0.1) is 10.1 Å². The Morgan fingerprint density at radius 1 is 1.17 bits per heavy atom. The molecule has 0 saturated carbocycles. The zero-order chi connectivity index (χ0) is 22.5. The van der Waals surface area contributed by atoms with Gasteiger partial charge in [0.1, 0.15) is 17.7 Å². The van der Waals surface area contributed by atoms with Crippen LogP contribution in [0.4, 0.5) is 11.4 Å². The molecule has 2 atom stereocenters. The third kappa shape index (κ3) is 6.48. The van der Waals surface area contributed by atoms with Gasteiger partial charge in [-0.25, -0.2) is 0 Å². The summed E-state index contributed by atoms with van der Waals surface area (Å²) in [5, 5.41) is 14.9. The van der Waals surface area contributed by atoms with Crippen molar-refractivity contribution in [3.8, 4) is 11.5 Å². The van der Waals surface area contributed by atoms with Crippen LogP contribution in [0.15, 0.2) is 30.3 Å². The molecule has 8 nitrogen and oxygen atoms in total. The fraction of sp³-hybridized carbons (Fsp3) is 0.333. The van der Waals surface area contributed by atoms with Crippen LogP contribution < -0.4 is 10.1 Å². The predicted octanol–water partition coefficient (Wildman–Crippen LogP) is 7.37. The normalized spacial score (nSPS) is 14.1. The highest BCUT2D eigenvalue weighted by Crippen LogP contribution is 2.49. The van der Waals surface area contributed by atoms with E-state index in [0.29, 0.717) is 5.02 Å². The zero-order valence-corrected chi connectivity index (χ0v) is 19.5. The maximum atomic E-state index is 12.5. The quantitative estimate of drug-likeness (QED) is 0.158. The Hall–Kier alpha value is -1.54. The van der Waals surface area contributed by atoms with E-state index in [-0.39, 0.29) is 45.7 Å². The smallest absolute Gasteiger partial charge is 0.332 e. The average Bonchev–Trinajstić information content (AvgIpc) is 2.64. The molecule has 1 N–H and O–H groups in total. The minimum absolute atomic E-state index is 0.0883. The van der Waals surface area contributed by atoms with Crippen LogP contribution in [0.5, 0.6) is 11.5 Å². The molecule has 0 amide bonds. The molecule has 12 heteroatoms. The maximum Gasteiger partial charge on any atom is 0.332 e. The molecule has 164 valence electrons. The Labute approximate surface area is 189 Å². The van der Waals surface area contributed by atoms with Crippen LogP contribution in [0.3, 0.4) is 0 Å². The lowest BCUT2D eigenvalue weighted by Crippen LogP contribution is -2.20. The minimum Gasteiger partial charge on any atom is -0.454 e. The Bertz CT molecular complexity index is 952. The number of ether oxygens (including phenoxy) is 1. The topological polar surface area (TPSA) is 99.9 Å². The molecule has 0 radical (unpaired) electrons. The van der Waals surface area contributed by atoms with Gasteiger partial charge in [0, 0.05) is 23.3 Å². The van der Waals surface area contributed by atoms with Crippen LogP contribution in [0.1, 0.15) is 20.8 Å². The first-order chi connectivity index (χ1) is 14.1. The molecule has 0 aliphatic carbocycles. The standard InChI is InChI=1S/C18H20Cl3N2O6P/c1-4-27-30(26,5-2)29-11(3)22-16-10-13(6-7-17(16)23(24)25)28-18-14(20)8-12(19)9-15(18)21/h6-11,22H,4-5H2,1-3H3. The lowest BCUT2D eigenvalue weighted by molar-refractivity contribution is -0.384. The molecular formula is C18H20Cl3N2O6P. The molecule has 0 bridgehead atoms. The molecule has 0 heterocycles. The number of hydrogen-bond donors (Lipinski definition) is 1. The Kier molecular flexibility index (Phi) is 8.79. The van der Waals surface area contributed by atoms with Gasteiger partial charge < -0.3 is 14.6 Å². The number of hydrogen-bond acceptors (Lipinski definition) is 7. The van der Waals surface area contributed by atoms with E-state index in [0.717, 1.165) is 0 Å². The molecular weight excluding hydrogens is 478 g/mol. The molecule has 30 heavy (non-hydrogen) atoms. The second-order valence-corrected chi connectivity index (χ2v) is 9.55. The summed E-state index contributed by atoms with van der Waals surface area (Å²) in [5.41, 5.74) is -0.140. The van der Waals surface area contributed by atoms with Crippen LogP contribution >= 0.6 is 42.4 Å². The molecule has 0 aliphatic heterocycles. The summed E-state index contributed by atoms with van der Waals surface area (Å²) < 4.78 is 28.9. The van der Waals surface area contributed by atoms with Crippen molar-refractivity contribution >= 4 is 53.8 Å². The summed E-state index contributed by atoms with van der Waals surface area (Å²) in [6.07, 6.45) is -0.690. The van der Waals surface area contributed by atoms with Crippen LogP contribution in [0.2, 0.25) is 15.1 Å². The monoisotopic (exact) mass is 496 g/mol. The highest BCUT2D eigenvalue weighted by Gasteiger charge is 2.26. The van der Waals surface area contributed by atoms with Gasteiger partial charge >= 0.3 is 7.60 Å². The first-order valence-electron chi connectivity index (χ1n) is 8.88. The SMILES string of the molecule is CCOP(=O)(CC)OC(C)Nc1cc(Oc2c(Cl)cc(Cl)cc2Cl)ccc1[N+](=O)[O-]. The molecule has 2 aromatic rings. The first-order valence-corrected chi connectivity index (χ1v) is 11.7. The van der Waals surface area contributed by atoms with Crippen molar-refractivity contribution in [3.05, 3.63) is 55.5 Å². The van der Waals surface area contributed by atoms with E-state index in [9.17, 15) is 14.7 Å². The Morgan fingerprint density at radius 3 is 2.33 bits per heavy atom. The summed E-state index contributed by atoms with van der Waals surface area (Å²) in [7, 11) is -3.33. The van der Waals surface area contributed by atoms with Gasteiger partial charge in [0.25, 0.3) is 5.69 Å². The van der Waals surface area contributed by atoms with Crippen molar-refractivity contribution in [2.45, 2.75) is 27.0 Å². The maximum absolute atomic E-state index is 12.5. The van der Waals surface area contributed by atoms with Gasteiger partial charge in [0.15, 0.2) is 5.75 Å². The van der Waals surface area contributed by atoms with E-state index < -0.39 is 18.7 Å². The summed E-state index contributed by atoms with van der Waals surface area (Å²) in [4.78, 5) is 10.8. The summed E-state index contributed by atoms with van der Waals surface area (Å²) in [5.74, 6) is 0.378. The van der Waals surface area contributed by atoms with Crippen molar-refractivity contribution < 1.29 is 23.3 Å². The van der Waals surface area contributed by atoms with E-state index in [2.05, 4.69) is 5.32 Å². The number of halogens is 3. The number of nitrogens with one attached hydrogen (secondary N) is 1. The van der Waals surface area contributed by atoms with Crippen molar-refractivity contribution in [2.75, 3.05) is 18.1 Å². The molecule has 2 unspecified atom stereocenters. The number of anilines is 1. The van der Waals surface area contributed by atoms with Crippen molar-refractivity contribution in [2.24, 2.45) is 0 Å². The highest BCUT2D eigenvalue weighted by atomic mass is 35.5. The minimum atomic E-state index is -3.33. The summed E-state index contributed by atoms with van der Waals surface area (Å²) in [6, 6.07) is 6.95. The third-order valence-electron chi connectivity index (χ3n) is 3.74. The molecule has 0 aliphatic rings. The van der Waals surface area contributed by atoms with Crippen molar-refractivity contribution in [1.82, 2.24) is 0 Å². The second-order valence-electron chi connectivity index (χ2n) is 5.97. The van der Waals surface area contributed by atoms with E-state index in [4.69, 9.17) is 48.6 Å². The van der Waals surface area contributed by atoms with E-state index in [1.54, 1.807) is 20.8 Å². The molecule has 0 spiro atoms. The van der Waals surface area contributed by atoms with E-state index in [1.165, 1.54) is 30.3 Å². The van der Waals surface area contributed by atoms with Gasteiger partial charge in [0.2, 0.25) is 0 Å². The van der Waals surface area contributed by atoms with Gasteiger partial charge in [-0.05, 0) is 32.0 Å². The average molecular weight is 498 g/mol. The molecule has 2 aromatic carbocycles. The van der Waals surface area contributed by atoms with Gasteiger partial charge in [0.05, 0.1) is 21.6 Å². The highest BCUT2D eigenvalue weighted by molar-refractivity contribution is 7.53. The predicted molar refractivity (Wildman–Crippen MR) is 119 cm³/mol. The summed E-state index contributed by atoms with van der Waals surface area (Å²) in [6.45, 7) is 5.14. The third-order valence-corrected chi connectivity index (χ3v) is 6.58. The molecule has 0 fully saturated rings. The number of nitrogens with zero attached hydrogens (tertiary/aromatic N) is 1. The van der Waals surface area contributed by atoms with Crippen molar-refractivity contribution in [1.29, 1.82) is 0 Å². The van der Waals surface area contributed by atoms with Gasteiger partial charge in [-0.15, -0.1) is 0 Å². The van der Waals surface area contributed by atoms with Gasteiger partial charge in [-0.2, -0.15) is 0 Å². The lowest BCUT2D eigenvalue weighted by atomic mass is 10.2. The van der Waals surface area contributed by atoms with Crippen LogP contribution in [-0.4, -0.2) is 23.9 Å². The zero-order valence-electron chi connectivity index (χ0n) is 16.4. The van der Waals surface area contributed by atoms with Gasteiger partial charge in [-0.1, -0.05) is 41.7 Å². The van der Waals surface area contributed by atoms with Crippen LogP contribution in [-0.2, 0) is 13.6 Å². The van der Waals surface area contributed by atoms with Gasteiger partial charge in [-0.3, -0.25) is 19.2 Å². The molecule has 0 aromatic heterocycles. The Balaban J connectivity index is 2.31.